The zero-order valence-corrected chi connectivity index (χ0v) is 9.13. The van der Waals surface area contributed by atoms with Gasteiger partial charge in [-0.1, -0.05) is 26.8 Å². The first-order valence-corrected chi connectivity index (χ1v) is 4.78. The van der Waals surface area contributed by atoms with E-state index in [-0.39, 0.29) is 11.3 Å². The highest BCUT2D eigenvalue weighted by Gasteiger charge is 2.16. The second-order valence-electron chi connectivity index (χ2n) is 4.31. The Morgan fingerprint density at radius 1 is 1.33 bits per heavy atom. The first-order valence-electron chi connectivity index (χ1n) is 4.78. The molecule has 0 fully saturated rings. The molecule has 15 heavy (non-hydrogen) atoms. The lowest BCUT2D eigenvalue weighted by Gasteiger charge is -2.18. The van der Waals surface area contributed by atoms with Crippen molar-refractivity contribution >= 4 is 0 Å². The number of halogens is 2. The molecule has 0 aliphatic heterocycles. The molecule has 0 aromatic carbocycles. The SMILES string of the molecule is CC(C)(C)c1cccc(OCC(F)F)n1. The van der Waals surface area contributed by atoms with Crippen molar-refractivity contribution in [2.24, 2.45) is 0 Å². The summed E-state index contributed by atoms with van der Waals surface area (Å²) in [5.41, 5.74) is 0.721. The molecule has 0 spiro atoms. The Hall–Kier alpha value is -1.19. The number of nitrogens with zero attached hydrogens (tertiary/aromatic N) is 1. The highest BCUT2D eigenvalue weighted by molar-refractivity contribution is 5.20. The van der Waals surface area contributed by atoms with Gasteiger partial charge in [0.25, 0.3) is 6.43 Å². The molecule has 1 aromatic heterocycles. The van der Waals surface area contributed by atoms with Gasteiger partial charge in [-0.2, -0.15) is 0 Å². The average Bonchev–Trinajstić information content (AvgIpc) is 2.14. The highest BCUT2D eigenvalue weighted by Crippen LogP contribution is 2.21. The molecule has 1 aromatic rings. The number of hydrogen-bond acceptors (Lipinski definition) is 2. The number of rotatable bonds is 3. The van der Waals surface area contributed by atoms with Crippen molar-refractivity contribution in [3.05, 3.63) is 23.9 Å². The van der Waals surface area contributed by atoms with Gasteiger partial charge in [-0.25, -0.2) is 13.8 Å². The largest absolute Gasteiger partial charge is 0.472 e. The van der Waals surface area contributed by atoms with Crippen molar-refractivity contribution in [1.29, 1.82) is 0 Å². The van der Waals surface area contributed by atoms with Gasteiger partial charge in [-0.3, -0.25) is 0 Å². The lowest BCUT2D eigenvalue weighted by atomic mass is 9.92. The molecule has 0 aliphatic carbocycles. The van der Waals surface area contributed by atoms with Crippen molar-refractivity contribution in [1.82, 2.24) is 4.98 Å². The van der Waals surface area contributed by atoms with Crippen LogP contribution >= 0.6 is 0 Å². The summed E-state index contributed by atoms with van der Waals surface area (Å²) in [5.74, 6) is 0.253. The van der Waals surface area contributed by atoms with Crippen LogP contribution in [-0.4, -0.2) is 18.0 Å². The summed E-state index contributed by atoms with van der Waals surface area (Å²) >= 11 is 0. The molecule has 0 N–H and O–H groups in total. The molecule has 0 bridgehead atoms. The van der Waals surface area contributed by atoms with Crippen LogP contribution in [0.5, 0.6) is 5.88 Å². The Balaban J connectivity index is 2.75. The van der Waals surface area contributed by atoms with Crippen LogP contribution in [0, 0.1) is 0 Å². The maximum Gasteiger partial charge on any atom is 0.272 e. The fourth-order valence-electron chi connectivity index (χ4n) is 1.06. The summed E-state index contributed by atoms with van der Waals surface area (Å²) in [6.45, 7) is 5.41. The molecule has 2 nitrogen and oxygen atoms in total. The van der Waals surface area contributed by atoms with Crippen molar-refractivity contribution < 1.29 is 13.5 Å². The molecule has 0 amide bonds. The van der Waals surface area contributed by atoms with Crippen LogP contribution in [-0.2, 0) is 5.41 Å². The zero-order chi connectivity index (χ0) is 11.5. The maximum absolute atomic E-state index is 11.9. The number of ether oxygens (including phenoxy) is 1. The number of aromatic nitrogens is 1. The summed E-state index contributed by atoms with van der Waals surface area (Å²) in [6, 6.07) is 5.20. The van der Waals surface area contributed by atoms with Crippen LogP contribution in [0.2, 0.25) is 0 Å². The van der Waals surface area contributed by atoms with E-state index in [2.05, 4.69) is 4.98 Å². The monoisotopic (exact) mass is 215 g/mol. The highest BCUT2D eigenvalue weighted by atomic mass is 19.3. The van der Waals surface area contributed by atoms with E-state index in [1.807, 2.05) is 26.8 Å². The van der Waals surface area contributed by atoms with Gasteiger partial charge < -0.3 is 4.74 Å². The molecular weight excluding hydrogens is 200 g/mol. The number of hydrogen-bond donors (Lipinski definition) is 0. The fourth-order valence-corrected chi connectivity index (χ4v) is 1.06. The minimum atomic E-state index is -2.47. The molecule has 0 saturated carbocycles. The van der Waals surface area contributed by atoms with E-state index in [0.29, 0.717) is 0 Å². The van der Waals surface area contributed by atoms with Crippen LogP contribution in [0.4, 0.5) is 8.78 Å². The quantitative estimate of drug-likeness (QED) is 0.773. The van der Waals surface area contributed by atoms with E-state index in [9.17, 15) is 8.78 Å². The Kier molecular flexibility index (Phi) is 3.61. The third-order valence-electron chi connectivity index (χ3n) is 1.85. The first kappa shape index (κ1) is 11.9. The lowest BCUT2D eigenvalue weighted by molar-refractivity contribution is 0.0794. The lowest BCUT2D eigenvalue weighted by Crippen LogP contribution is -2.15. The molecule has 0 saturated heterocycles. The molecule has 1 heterocycles. The van der Waals surface area contributed by atoms with E-state index >= 15 is 0 Å². The van der Waals surface area contributed by atoms with Gasteiger partial charge in [0.05, 0.1) is 0 Å². The van der Waals surface area contributed by atoms with Crippen LogP contribution in [0.25, 0.3) is 0 Å². The smallest absolute Gasteiger partial charge is 0.272 e. The summed E-state index contributed by atoms with van der Waals surface area (Å²) < 4.78 is 28.6. The molecule has 4 heteroatoms. The summed E-state index contributed by atoms with van der Waals surface area (Å²) in [6.07, 6.45) is -2.47. The van der Waals surface area contributed by atoms with E-state index in [0.717, 1.165) is 5.69 Å². The minimum Gasteiger partial charge on any atom is -0.472 e. The van der Waals surface area contributed by atoms with Gasteiger partial charge in [0, 0.05) is 17.2 Å². The van der Waals surface area contributed by atoms with Gasteiger partial charge in [-0.05, 0) is 6.07 Å². The zero-order valence-electron chi connectivity index (χ0n) is 9.13. The van der Waals surface area contributed by atoms with E-state index in [1.165, 1.54) is 0 Å². The topological polar surface area (TPSA) is 22.1 Å². The Morgan fingerprint density at radius 2 is 2.00 bits per heavy atom. The molecule has 0 unspecified atom stereocenters. The van der Waals surface area contributed by atoms with Crippen molar-refractivity contribution in [3.8, 4) is 5.88 Å². The van der Waals surface area contributed by atoms with Crippen molar-refractivity contribution in [2.75, 3.05) is 6.61 Å². The number of alkyl halides is 2. The molecule has 0 atom stereocenters. The van der Waals surface area contributed by atoms with E-state index in [4.69, 9.17) is 4.74 Å². The van der Waals surface area contributed by atoms with Crippen molar-refractivity contribution in [2.45, 2.75) is 32.6 Å². The molecule has 84 valence electrons. The van der Waals surface area contributed by atoms with Gasteiger partial charge in [0.2, 0.25) is 5.88 Å². The maximum atomic E-state index is 11.9. The van der Waals surface area contributed by atoms with Crippen LogP contribution < -0.4 is 4.74 Å². The third kappa shape index (κ3) is 3.81. The van der Waals surface area contributed by atoms with Crippen LogP contribution in [0.3, 0.4) is 0 Å². The van der Waals surface area contributed by atoms with E-state index in [1.54, 1.807) is 12.1 Å². The second kappa shape index (κ2) is 4.55. The van der Waals surface area contributed by atoms with Gasteiger partial charge in [0.15, 0.2) is 6.61 Å². The molecular formula is C11H15F2NO. The predicted octanol–water partition coefficient (Wildman–Crippen LogP) is 3.02. The van der Waals surface area contributed by atoms with E-state index < -0.39 is 13.0 Å². The average molecular weight is 215 g/mol. The van der Waals surface area contributed by atoms with Crippen LogP contribution in [0.15, 0.2) is 18.2 Å². The molecule has 1 rings (SSSR count). The molecule has 0 aliphatic rings. The number of pyridine rings is 1. The first-order chi connectivity index (χ1) is 6.89. The summed E-state index contributed by atoms with van der Waals surface area (Å²) in [7, 11) is 0. The molecule has 0 radical (unpaired) electrons. The van der Waals surface area contributed by atoms with Crippen LogP contribution in [0.1, 0.15) is 26.5 Å². The van der Waals surface area contributed by atoms with Gasteiger partial charge >= 0.3 is 0 Å². The standard InChI is InChI=1S/C11H15F2NO/c1-11(2,3)8-5-4-6-10(14-8)15-7-9(12)13/h4-6,9H,7H2,1-3H3. The van der Waals surface area contributed by atoms with Gasteiger partial charge in [-0.15, -0.1) is 0 Å². The Bertz CT molecular complexity index is 321. The Morgan fingerprint density at radius 3 is 2.53 bits per heavy atom. The predicted molar refractivity (Wildman–Crippen MR) is 54.4 cm³/mol. The Labute approximate surface area is 88.3 Å². The summed E-state index contributed by atoms with van der Waals surface area (Å²) in [4.78, 5) is 4.16. The summed E-state index contributed by atoms with van der Waals surface area (Å²) in [5, 5.41) is 0. The third-order valence-corrected chi connectivity index (χ3v) is 1.85. The fraction of sp³-hybridized carbons (Fsp3) is 0.545. The van der Waals surface area contributed by atoms with Crippen molar-refractivity contribution in [3.63, 3.8) is 0 Å². The van der Waals surface area contributed by atoms with Gasteiger partial charge in [0.1, 0.15) is 0 Å². The normalized spacial score (nSPS) is 11.9. The minimum absolute atomic E-state index is 0.107. The second-order valence-corrected chi connectivity index (χ2v) is 4.31.